The van der Waals surface area contributed by atoms with Crippen LogP contribution < -0.4 is 5.32 Å². The third-order valence-corrected chi connectivity index (χ3v) is 3.72. The molecule has 0 saturated carbocycles. The van der Waals surface area contributed by atoms with Gasteiger partial charge in [0.25, 0.3) is 0 Å². The van der Waals surface area contributed by atoms with Crippen LogP contribution in [0, 0.1) is 13.8 Å². The Bertz CT molecular complexity index is 549. The first-order valence-electron chi connectivity index (χ1n) is 6.54. The minimum atomic E-state index is 0.0884. The predicted octanol–water partition coefficient (Wildman–Crippen LogP) is 4.05. The second-order valence-electron chi connectivity index (χ2n) is 4.70. The van der Waals surface area contributed by atoms with Gasteiger partial charge in [-0.1, -0.05) is 42.8 Å². The number of aryl methyl sites for hydroxylation is 2. The van der Waals surface area contributed by atoms with E-state index in [0.29, 0.717) is 0 Å². The highest BCUT2D eigenvalue weighted by molar-refractivity contribution is 6.32. The number of halogens is 1. The summed E-state index contributed by atoms with van der Waals surface area (Å²) in [5.74, 6) is 0. The molecule has 1 N–H and O–H groups in total. The van der Waals surface area contributed by atoms with Gasteiger partial charge in [0.1, 0.15) is 0 Å². The molecule has 1 aromatic carbocycles. The van der Waals surface area contributed by atoms with Gasteiger partial charge in [-0.05, 0) is 43.1 Å². The fourth-order valence-corrected chi connectivity index (χ4v) is 2.39. The van der Waals surface area contributed by atoms with Crippen molar-refractivity contribution in [2.75, 3.05) is 6.54 Å². The van der Waals surface area contributed by atoms with Crippen molar-refractivity contribution in [1.29, 1.82) is 0 Å². The fourth-order valence-electron chi connectivity index (χ4n) is 2.15. The topological polar surface area (TPSA) is 24.9 Å². The summed E-state index contributed by atoms with van der Waals surface area (Å²) >= 11 is 6.44. The summed E-state index contributed by atoms with van der Waals surface area (Å²) in [6.45, 7) is 7.00. The van der Waals surface area contributed by atoms with Crippen molar-refractivity contribution in [1.82, 2.24) is 10.3 Å². The second-order valence-corrected chi connectivity index (χ2v) is 5.08. The number of hydrogen-bond acceptors (Lipinski definition) is 2. The summed E-state index contributed by atoms with van der Waals surface area (Å²) in [6, 6.07) is 10.4. The fraction of sp³-hybridized carbons (Fsp3) is 0.312. The van der Waals surface area contributed by atoms with Gasteiger partial charge >= 0.3 is 0 Å². The van der Waals surface area contributed by atoms with E-state index in [-0.39, 0.29) is 6.04 Å². The first-order valence-corrected chi connectivity index (χ1v) is 6.92. The van der Waals surface area contributed by atoms with Gasteiger partial charge in [-0.15, -0.1) is 0 Å². The lowest BCUT2D eigenvalue weighted by Crippen LogP contribution is -2.22. The van der Waals surface area contributed by atoms with Crippen LogP contribution in [0.3, 0.4) is 0 Å². The molecule has 2 aromatic rings. The van der Waals surface area contributed by atoms with Gasteiger partial charge in [0.05, 0.1) is 6.04 Å². The zero-order valence-electron chi connectivity index (χ0n) is 11.6. The third-order valence-electron chi connectivity index (χ3n) is 3.21. The average molecular weight is 275 g/mol. The Morgan fingerprint density at radius 3 is 2.63 bits per heavy atom. The maximum absolute atomic E-state index is 6.44. The molecule has 1 aromatic heterocycles. The molecule has 0 radical (unpaired) electrons. The van der Waals surface area contributed by atoms with E-state index in [4.69, 9.17) is 11.6 Å². The van der Waals surface area contributed by atoms with E-state index >= 15 is 0 Å². The highest BCUT2D eigenvalue weighted by Crippen LogP contribution is 2.30. The van der Waals surface area contributed by atoms with Crippen molar-refractivity contribution in [2.24, 2.45) is 0 Å². The summed E-state index contributed by atoms with van der Waals surface area (Å²) in [5, 5.41) is 4.31. The number of nitrogens with one attached hydrogen (secondary N) is 1. The Labute approximate surface area is 119 Å². The van der Waals surface area contributed by atoms with E-state index in [9.17, 15) is 0 Å². The molecule has 3 heteroatoms. The van der Waals surface area contributed by atoms with Crippen molar-refractivity contribution >= 4 is 11.6 Å². The Kier molecular flexibility index (Phi) is 4.56. The quantitative estimate of drug-likeness (QED) is 0.910. The first kappa shape index (κ1) is 14.0. The molecule has 0 aliphatic rings. The number of rotatable bonds is 4. The van der Waals surface area contributed by atoms with Crippen LogP contribution in [0.2, 0.25) is 5.02 Å². The smallest absolute Gasteiger partial charge is 0.0606 e. The molecule has 2 nitrogen and oxygen atoms in total. The monoisotopic (exact) mass is 274 g/mol. The largest absolute Gasteiger partial charge is 0.306 e. The normalized spacial score (nSPS) is 12.4. The Morgan fingerprint density at radius 2 is 2.00 bits per heavy atom. The molecule has 0 bridgehead atoms. The van der Waals surface area contributed by atoms with Crippen molar-refractivity contribution in [2.45, 2.75) is 26.8 Å². The third kappa shape index (κ3) is 3.14. The minimum Gasteiger partial charge on any atom is -0.306 e. The Hall–Kier alpha value is -1.38. The number of pyridine rings is 1. The van der Waals surface area contributed by atoms with Gasteiger partial charge in [0, 0.05) is 16.9 Å². The molecule has 0 spiro atoms. The zero-order valence-corrected chi connectivity index (χ0v) is 12.3. The van der Waals surface area contributed by atoms with E-state index in [2.05, 4.69) is 29.4 Å². The summed E-state index contributed by atoms with van der Waals surface area (Å²) in [5.41, 5.74) is 4.37. The molecule has 1 atom stereocenters. The highest BCUT2D eigenvalue weighted by Gasteiger charge is 2.17. The van der Waals surface area contributed by atoms with E-state index in [1.807, 2.05) is 38.2 Å². The van der Waals surface area contributed by atoms with E-state index in [1.165, 1.54) is 0 Å². The van der Waals surface area contributed by atoms with Gasteiger partial charge in [0.15, 0.2) is 0 Å². The van der Waals surface area contributed by atoms with Crippen molar-refractivity contribution < 1.29 is 0 Å². The van der Waals surface area contributed by atoms with Crippen molar-refractivity contribution in [3.63, 3.8) is 0 Å². The number of nitrogens with zero attached hydrogens (tertiary/aromatic N) is 1. The molecule has 100 valence electrons. The van der Waals surface area contributed by atoms with Crippen LogP contribution in [0.25, 0.3) is 0 Å². The van der Waals surface area contributed by atoms with Gasteiger partial charge in [-0.3, -0.25) is 4.98 Å². The highest BCUT2D eigenvalue weighted by atomic mass is 35.5. The first-order chi connectivity index (χ1) is 9.13. The van der Waals surface area contributed by atoms with Crippen LogP contribution in [0.4, 0.5) is 0 Å². The van der Waals surface area contributed by atoms with Crippen LogP contribution in [0.5, 0.6) is 0 Å². The molecule has 0 fully saturated rings. The predicted molar refractivity (Wildman–Crippen MR) is 80.7 cm³/mol. The Balaban J connectivity index is 2.45. The maximum atomic E-state index is 6.44. The summed E-state index contributed by atoms with van der Waals surface area (Å²) < 4.78 is 0. The summed E-state index contributed by atoms with van der Waals surface area (Å²) in [6.07, 6.45) is 1.92. The molecule has 0 amide bonds. The van der Waals surface area contributed by atoms with Crippen LogP contribution in [0.1, 0.15) is 35.3 Å². The van der Waals surface area contributed by atoms with Crippen LogP contribution in [-0.2, 0) is 0 Å². The van der Waals surface area contributed by atoms with Crippen LogP contribution >= 0.6 is 11.6 Å². The lowest BCUT2D eigenvalue weighted by molar-refractivity contribution is 0.628. The molecular formula is C16H19ClN2. The molecule has 2 rings (SSSR count). The molecule has 0 saturated heterocycles. The lowest BCUT2D eigenvalue weighted by Gasteiger charge is -2.20. The molecule has 1 heterocycles. The molecule has 0 aliphatic heterocycles. The standard InChI is InChI=1S/C16H19ClN2/c1-4-18-16(13-9-8-12(3)19-10-13)14-7-5-6-11(2)15(14)17/h5-10,16,18H,4H2,1-3H3. The molecular weight excluding hydrogens is 256 g/mol. The Morgan fingerprint density at radius 1 is 1.21 bits per heavy atom. The van der Waals surface area contributed by atoms with E-state index in [0.717, 1.165) is 34.0 Å². The van der Waals surface area contributed by atoms with Gasteiger partial charge in [-0.2, -0.15) is 0 Å². The average Bonchev–Trinajstić information content (AvgIpc) is 2.41. The van der Waals surface area contributed by atoms with Crippen molar-refractivity contribution in [3.8, 4) is 0 Å². The summed E-state index contributed by atoms with van der Waals surface area (Å²) in [7, 11) is 0. The molecule has 1 unspecified atom stereocenters. The van der Waals surface area contributed by atoms with Crippen molar-refractivity contribution in [3.05, 3.63) is 63.9 Å². The van der Waals surface area contributed by atoms with Gasteiger partial charge in [-0.25, -0.2) is 0 Å². The van der Waals surface area contributed by atoms with E-state index < -0.39 is 0 Å². The SMILES string of the molecule is CCNC(c1ccc(C)nc1)c1cccc(C)c1Cl. The van der Waals surface area contributed by atoms with Gasteiger partial charge in [0.2, 0.25) is 0 Å². The molecule has 19 heavy (non-hydrogen) atoms. The number of benzene rings is 1. The minimum absolute atomic E-state index is 0.0884. The molecule has 0 aliphatic carbocycles. The van der Waals surface area contributed by atoms with E-state index in [1.54, 1.807) is 0 Å². The van der Waals surface area contributed by atoms with Crippen LogP contribution in [-0.4, -0.2) is 11.5 Å². The number of aromatic nitrogens is 1. The number of hydrogen-bond donors (Lipinski definition) is 1. The second kappa shape index (κ2) is 6.18. The zero-order chi connectivity index (χ0) is 13.8. The summed E-state index contributed by atoms with van der Waals surface area (Å²) in [4.78, 5) is 4.38. The lowest BCUT2D eigenvalue weighted by atomic mass is 9.98. The maximum Gasteiger partial charge on any atom is 0.0606 e. The van der Waals surface area contributed by atoms with Crippen LogP contribution in [0.15, 0.2) is 36.5 Å². The van der Waals surface area contributed by atoms with Gasteiger partial charge < -0.3 is 5.32 Å².